The molecule has 2 aromatic carbocycles. The minimum absolute atomic E-state index is 0.154. The Labute approximate surface area is 174 Å². The standard InChI is InChI=1S/C24H22N4O2/c1-16-14-20(27(3)17(2)29)23-21(30)15-22(26-18-10-6-4-7-11-18)28(24(23)25-16)19-12-8-5-9-13-19/h4-15,26H,1-3H3. The zero-order valence-electron chi connectivity index (χ0n) is 17.1. The molecule has 0 fully saturated rings. The summed E-state index contributed by atoms with van der Waals surface area (Å²) in [5.74, 6) is 0.443. The molecule has 0 bridgehead atoms. The molecule has 0 saturated heterocycles. The van der Waals surface area contributed by atoms with Crippen LogP contribution in [0.15, 0.2) is 77.6 Å². The fraction of sp³-hybridized carbons (Fsp3) is 0.125. The maximum atomic E-state index is 13.2. The SMILES string of the molecule is CC(=O)N(C)c1cc(C)nc2c1c(=O)cc(Nc1ccccc1)n2-c1ccccc1. The second kappa shape index (κ2) is 7.83. The summed E-state index contributed by atoms with van der Waals surface area (Å²) >= 11 is 0. The van der Waals surface area contributed by atoms with E-state index in [4.69, 9.17) is 4.98 Å². The first kappa shape index (κ1) is 19.4. The van der Waals surface area contributed by atoms with E-state index >= 15 is 0 Å². The second-order valence-corrected chi connectivity index (χ2v) is 7.12. The van der Waals surface area contributed by atoms with Crippen molar-refractivity contribution < 1.29 is 4.79 Å². The van der Waals surface area contributed by atoms with Gasteiger partial charge in [0.1, 0.15) is 5.82 Å². The number of anilines is 3. The highest BCUT2D eigenvalue weighted by molar-refractivity contribution is 6.01. The Morgan fingerprint density at radius 1 is 1.00 bits per heavy atom. The van der Waals surface area contributed by atoms with Gasteiger partial charge in [-0.25, -0.2) is 4.98 Å². The molecule has 6 heteroatoms. The zero-order chi connectivity index (χ0) is 21.3. The van der Waals surface area contributed by atoms with Crippen LogP contribution in [0.1, 0.15) is 12.6 Å². The van der Waals surface area contributed by atoms with Crippen LogP contribution in [0, 0.1) is 6.92 Å². The van der Waals surface area contributed by atoms with E-state index in [1.54, 1.807) is 19.2 Å². The maximum absolute atomic E-state index is 13.2. The van der Waals surface area contributed by atoms with Crippen molar-refractivity contribution in [2.24, 2.45) is 0 Å². The Balaban J connectivity index is 2.08. The normalized spacial score (nSPS) is 10.8. The van der Waals surface area contributed by atoms with E-state index in [-0.39, 0.29) is 11.3 Å². The first-order chi connectivity index (χ1) is 14.5. The minimum Gasteiger partial charge on any atom is -0.341 e. The number of hydrogen-bond donors (Lipinski definition) is 1. The summed E-state index contributed by atoms with van der Waals surface area (Å²) in [7, 11) is 1.67. The zero-order valence-corrected chi connectivity index (χ0v) is 17.1. The topological polar surface area (TPSA) is 67.2 Å². The molecule has 1 amide bonds. The van der Waals surface area contributed by atoms with Crippen LogP contribution in [0.2, 0.25) is 0 Å². The van der Waals surface area contributed by atoms with Crippen molar-refractivity contribution in [3.05, 3.63) is 88.7 Å². The fourth-order valence-corrected chi connectivity index (χ4v) is 3.45. The summed E-state index contributed by atoms with van der Waals surface area (Å²) < 4.78 is 1.91. The van der Waals surface area contributed by atoms with Crippen molar-refractivity contribution in [1.82, 2.24) is 9.55 Å². The third kappa shape index (κ3) is 3.55. The molecule has 0 aliphatic heterocycles. The van der Waals surface area contributed by atoms with Crippen molar-refractivity contribution in [2.75, 3.05) is 17.3 Å². The van der Waals surface area contributed by atoms with Gasteiger partial charge in [0.15, 0.2) is 11.1 Å². The molecule has 2 aromatic heterocycles. The number of nitrogens with one attached hydrogen (secondary N) is 1. The average Bonchev–Trinajstić information content (AvgIpc) is 2.74. The van der Waals surface area contributed by atoms with Gasteiger partial charge in [0, 0.05) is 37.1 Å². The van der Waals surface area contributed by atoms with E-state index < -0.39 is 0 Å². The first-order valence-corrected chi connectivity index (χ1v) is 9.65. The van der Waals surface area contributed by atoms with Crippen LogP contribution in [0.3, 0.4) is 0 Å². The van der Waals surface area contributed by atoms with Gasteiger partial charge in [0.05, 0.1) is 11.1 Å². The van der Waals surface area contributed by atoms with Gasteiger partial charge in [0.25, 0.3) is 0 Å². The number of carbonyl (C=O) groups is 1. The maximum Gasteiger partial charge on any atom is 0.223 e. The summed E-state index contributed by atoms with van der Waals surface area (Å²) in [6.07, 6.45) is 0. The summed E-state index contributed by atoms with van der Waals surface area (Å²) in [6, 6.07) is 22.7. The monoisotopic (exact) mass is 398 g/mol. The highest BCUT2D eigenvalue weighted by atomic mass is 16.2. The van der Waals surface area contributed by atoms with Crippen molar-refractivity contribution in [3.8, 4) is 5.69 Å². The van der Waals surface area contributed by atoms with Gasteiger partial charge in [-0.2, -0.15) is 0 Å². The first-order valence-electron chi connectivity index (χ1n) is 9.65. The summed E-state index contributed by atoms with van der Waals surface area (Å²) in [5, 5.41) is 3.74. The molecule has 0 spiro atoms. The number of aromatic nitrogens is 2. The Kier molecular flexibility index (Phi) is 5.06. The number of carbonyl (C=O) groups excluding carboxylic acids is 1. The number of rotatable bonds is 4. The van der Waals surface area contributed by atoms with Crippen LogP contribution in [0.4, 0.5) is 17.2 Å². The van der Waals surface area contributed by atoms with E-state index in [0.29, 0.717) is 28.2 Å². The molecule has 6 nitrogen and oxygen atoms in total. The number of aryl methyl sites for hydroxylation is 1. The molecule has 0 radical (unpaired) electrons. The van der Waals surface area contributed by atoms with Gasteiger partial charge < -0.3 is 10.2 Å². The number of hydrogen-bond acceptors (Lipinski definition) is 4. The molecule has 150 valence electrons. The lowest BCUT2D eigenvalue weighted by Gasteiger charge is -2.22. The molecular weight excluding hydrogens is 376 g/mol. The Hall–Kier alpha value is -3.93. The third-order valence-electron chi connectivity index (χ3n) is 4.97. The molecule has 0 saturated carbocycles. The molecule has 1 N–H and O–H groups in total. The largest absolute Gasteiger partial charge is 0.341 e. The minimum atomic E-state index is -0.203. The second-order valence-electron chi connectivity index (χ2n) is 7.12. The number of para-hydroxylation sites is 2. The van der Waals surface area contributed by atoms with E-state index in [2.05, 4.69) is 5.32 Å². The van der Waals surface area contributed by atoms with Crippen molar-refractivity contribution >= 4 is 34.1 Å². The van der Waals surface area contributed by atoms with E-state index in [1.807, 2.05) is 72.2 Å². The molecule has 0 unspecified atom stereocenters. The molecule has 4 aromatic rings. The van der Waals surface area contributed by atoms with Gasteiger partial charge in [-0.05, 0) is 37.3 Å². The van der Waals surface area contributed by atoms with E-state index in [9.17, 15) is 9.59 Å². The number of benzene rings is 2. The molecular formula is C24H22N4O2. The number of fused-ring (bicyclic) bond motifs is 1. The Morgan fingerprint density at radius 3 is 2.27 bits per heavy atom. The van der Waals surface area contributed by atoms with Crippen LogP contribution in [-0.4, -0.2) is 22.5 Å². The van der Waals surface area contributed by atoms with Crippen molar-refractivity contribution in [3.63, 3.8) is 0 Å². The highest BCUT2D eigenvalue weighted by Gasteiger charge is 2.19. The lowest BCUT2D eigenvalue weighted by molar-refractivity contribution is -0.116. The van der Waals surface area contributed by atoms with Crippen LogP contribution in [0.25, 0.3) is 16.7 Å². The molecule has 4 rings (SSSR count). The number of amides is 1. The Bertz CT molecular complexity index is 1280. The average molecular weight is 398 g/mol. The quantitative estimate of drug-likeness (QED) is 0.553. The highest BCUT2D eigenvalue weighted by Crippen LogP contribution is 2.29. The smallest absolute Gasteiger partial charge is 0.223 e. The lowest BCUT2D eigenvalue weighted by Crippen LogP contribution is -2.25. The van der Waals surface area contributed by atoms with E-state index in [1.165, 1.54) is 11.8 Å². The molecule has 0 atom stereocenters. The van der Waals surface area contributed by atoms with Crippen LogP contribution in [-0.2, 0) is 4.79 Å². The number of nitrogens with zero attached hydrogens (tertiary/aromatic N) is 3. The van der Waals surface area contributed by atoms with Crippen LogP contribution in [0.5, 0.6) is 0 Å². The number of pyridine rings is 2. The molecule has 0 aliphatic rings. The molecule has 30 heavy (non-hydrogen) atoms. The van der Waals surface area contributed by atoms with Gasteiger partial charge >= 0.3 is 0 Å². The van der Waals surface area contributed by atoms with E-state index in [0.717, 1.165) is 11.4 Å². The van der Waals surface area contributed by atoms with Crippen molar-refractivity contribution in [1.29, 1.82) is 0 Å². The summed E-state index contributed by atoms with van der Waals surface area (Å²) in [6.45, 7) is 3.33. The summed E-state index contributed by atoms with van der Waals surface area (Å²) in [5.41, 5.74) is 3.27. The molecule has 0 aliphatic carbocycles. The van der Waals surface area contributed by atoms with Crippen molar-refractivity contribution in [2.45, 2.75) is 13.8 Å². The van der Waals surface area contributed by atoms with Gasteiger partial charge in [-0.3, -0.25) is 14.2 Å². The summed E-state index contributed by atoms with van der Waals surface area (Å²) in [4.78, 5) is 31.4. The third-order valence-corrected chi connectivity index (χ3v) is 4.97. The van der Waals surface area contributed by atoms with Gasteiger partial charge in [-0.1, -0.05) is 36.4 Å². The van der Waals surface area contributed by atoms with Gasteiger partial charge in [-0.15, -0.1) is 0 Å². The predicted octanol–water partition coefficient (Wildman–Crippen LogP) is 4.42. The van der Waals surface area contributed by atoms with Crippen LogP contribution < -0.4 is 15.6 Å². The molecule has 2 heterocycles. The lowest BCUT2D eigenvalue weighted by atomic mass is 10.1. The van der Waals surface area contributed by atoms with Crippen LogP contribution >= 0.6 is 0 Å². The fourth-order valence-electron chi connectivity index (χ4n) is 3.45. The Morgan fingerprint density at radius 2 is 1.63 bits per heavy atom. The van der Waals surface area contributed by atoms with Gasteiger partial charge in [0.2, 0.25) is 5.91 Å². The predicted molar refractivity (Wildman–Crippen MR) is 121 cm³/mol.